The minimum absolute atomic E-state index is 0.0552. The van der Waals surface area contributed by atoms with Gasteiger partial charge in [-0.2, -0.15) is 0 Å². The topological polar surface area (TPSA) is 52.6 Å². The zero-order chi connectivity index (χ0) is 15.7. The Labute approximate surface area is 122 Å². The molecule has 0 aliphatic heterocycles. The molecule has 0 radical (unpaired) electrons. The Morgan fingerprint density at radius 1 is 1.05 bits per heavy atom. The highest BCUT2D eigenvalue weighted by Gasteiger charge is 2.10. The van der Waals surface area contributed by atoms with E-state index in [1.807, 2.05) is 6.92 Å². The van der Waals surface area contributed by atoms with Crippen molar-refractivity contribution in [3.8, 4) is 0 Å². The van der Waals surface area contributed by atoms with Crippen LogP contribution in [0.3, 0.4) is 0 Å². The van der Waals surface area contributed by atoms with Crippen molar-refractivity contribution in [1.82, 2.24) is 0 Å². The molecule has 0 saturated heterocycles. The Hall–Kier alpha value is -1.98. The molecule has 0 aliphatic rings. The molecule has 0 N–H and O–H groups in total. The molecule has 0 fully saturated rings. The molecule has 1 aromatic rings. The summed E-state index contributed by atoms with van der Waals surface area (Å²) in [6, 6.07) is 3.25. The van der Waals surface area contributed by atoms with Crippen LogP contribution in [-0.4, -0.2) is 18.5 Å². The predicted molar refractivity (Wildman–Crippen MR) is 71.3 cm³/mol. The van der Waals surface area contributed by atoms with Gasteiger partial charge in [-0.3, -0.25) is 9.59 Å². The third-order valence-corrected chi connectivity index (χ3v) is 2.68. The summed E-state index contributed by atoms with van der Waals surface area (Å²) in [6.45, 7) is 2.16. The largest absolute Gasteiger partial charge is 0.466 e. The normalized spacial score (nSPS) is 10.2. The van der Waals surface area contributed by atoms with E-state index in [9.17, 15) is 18.4 Å². The van der Waals surface area contributed by atoms with Crippen molar-refractivity contribution in [2.75, 3.05) is 6.61 Å². The molecule has 0 unspecified atom stereocenters. The van der Waals surface area contributed by atoms with E-state index in [0.29, 0.717) is 12.2 Å². The van der Waals surface area contributed by atoms with Crippen LogP contribution < -0.4 is 0 Å². The third kappa shape index (κ3) is 6.83. The molecule has 0 atom stereocenters. The lowest BCUT2D eigenvalue weighted by Crippen LogP contribution is -2.11. The van der Waals surface area contributed by atoms with Crippen LogP contribution in [-0.2, 0) is 25.7 Å². The molecule has 21 heavy (non-hydrogen) atoms. The highest BCUT2D eigenvalue weighted by Crippen LogP contribution is 2.10. The van der Waals surface area contributed by atoms with Crippen LogP contribution in [0.2, 0.25) is 0 Å². The van der Waals surface area contributed by atoms with Gasteiger partial charge >= 0.3 is 11.9 Å². The van der Waals surface area contributed by atoms with Crippen molar-refractivity contribution in [3.05, 3.63) is 35.4 Å². The van der Waals surface area contributed by atoms with Gasteiger partial charge in [-0.25, -0.2) is 8.78 Å². The molecule has 0 amide bonds. The first-order valence-electron chi connectivity index (χ1n) is 6.78. The standard InChI is InChI=1S/C15H18F2O4/c1-2-3-8-20-14(18)6-7-15(19)21-10-11-4-5-12(16)13(17)9-11/h4-5,9H,2-3,6-8,10H2,1H3. The summed E-state index contributed by atoms with van der Waals surface area (Å²) in [5.41, 5.74) is 0.341. The van der Waals surface area contributed by atoms with Gasteiger partial charge in [0, 0.05) is 0 Å². The van der Waals surface area contributed by atoms with Gasteiger partial charge in [0.25, 0.3) is 0 Å². The molecular formula is C15H18F2O4. The molecule has 1 rings (SSSR count). The quantitative estimate of drug-likeness (QED) is 0.547. The average Bonchev–Trinajstić information content (AvgIpc) is 2.46. The van der Waals surface area contributed by atoms with Crippen LogP contribution >= 0.6 is 0 Å². The Kier molecular flexibility index (Phi) is 7.36. The Morgan fingerprint density at radius 2 is 1.71 bits per heavy atom. The second-order valence-corrected chi connectivity index (χ2v) is 4.48. The van der Waals surface area contributed by atoms with Crippen molar-refractivity contribution in [2.45, 2.75) is 39.2 Å². The van der Waals surface area contributed by atoms with Gasteiger partial charge in [-0.1, -0.05) is 19.4 Å². The zero-order valence-corrected chi connectivity index (χ0v) is 11.9. The van der Waals surface area contributed by atoms with Crippen LogP contribution in [0.1, 0.15) is 38.2 Å². The van der Waals surface area contributed by atoms with E-state index in [1.165, 1.54) is 6.07 Å². The summed E-state index contributed by atoms with van der Waals surface area (Å²) in [5, 5.41) is 0. The molecule has 0 saturated carbocycles. The van der Waals surface area contributed by atoms with Gasteiger partial charge in [-0.15, -0.1) is 0 Å². The Morgan fingerprint density at radius 3 is 2.33 bits per heavy atom. The highest BCUT2D eigenvalue weighted by molar-refractivity contribution is 5.77. The van der Waals surface area contributed by atoms with Gasteiger partial charge < -0.3 is 9.47 Å². The molecule has 0 heterocycles. The predicted octanol–water partition coefficient (Wildman–Crippen LogP) is 3.13. The fourth-order valence-electron chi connectivity index (χ4n) is 1.47. The molecule has 0 bridgehead atoms. The summed E-state index contributed by atoms with van der Waals surface area (Å²) < 4.78 is 35.4. The highest BCUT2D eigenvalue weighted by atomic mass is 19.2. The number of benzene rings is 1. The van der Waals surface area contributed by atoms with Gasteiger partial charge in [0.1, 0.15) is 6.61 Å². The van der Waals surface area contributed by atoms with Crippen LogP contribution in [0.4, 0.5) is 8.78 Å². The molecule has 0 aromatic heterocycles. The number of hydrogen-bond donors (Lipinski definition) is 0. The fourth-order valence-corrected chi connectivity index (χ4v) is 1.47. The summed E-state index contributed by atoms with van der Waals surface area (Å²) in [4.78, 5) is 22.7. The van der Waals surface area contributed by atoms with E-state index in [1.54, 1.807) is 0 Å². The Balaban J connectivity index is 2.24. The summed E-state index contributed by atoms with van der Waals surface area (Å²) in [7, 11) is 0. The SMILES string of the molecule is CCCCOC(=O)CCC(=O)OCc1ccc(F)c(F)c1. The van der Waals surface area contributed by atoms with Crippen molar-refractivity contribution in [3.63, 3.8) is 0 Å². The van der Waals surface area contributed by atoms with Crippen molar-refractivity contribution in [1.29, 1.82) is 0 Å². The van der Waals surface area contributed by atoms with E-state index in [4.69, 9.17) is 9.47 Å². The van der Waals surface area contributed by atoms with Crippen molar-refractivity contribution >= 4 is 11.9 Å². The first-order chi connectivity index (χ1) is 10.0. The number of carbonyl (C=O) groups excluding carboxylic acids is 2. The van der Waals surface area contributed by atoms with Gasteiger partial charge in [0.05, 0.1) is 19.4 Å². The number of carbonyl (C=O) groups is 2. The molecule has 1 aromatic carbocycles. The summed E-state index contributed by atoms with van der Waals surface area (Å²) in [6.07, 6.45) is 1.55. The summed E-state index contributed by atoms with van der Waals surface area (Å²) >= 11 is 0. The van der Waals surface area contributed by atoms with Crippen molar-refractivity contribution in [2.24, 2.45) is 0 Å². The van der Waals surface area contributed by atoms with E-state index >= 15 is 0 Å². The van der Waals surface area contributed by atoms with Crippen LogP contribution in [0.5, 0.6) is 0 Å². The van der Waals surface area contributed by atoms with E-state index in [-0.39, 0.29) is 19.4 Å². The van der Waals surface area contributed by atoms with Crippen LogP contribution in [0, 0.1) is 11.6 Å². The Bertz CT molecular complexity index is 489. The maximum Gasteiger partial charge on any atom is 0.306 e. The van der Waals surface area contributed by atoms with Gasteiger partial charge in [0.15, 0.2) is 11.6 Å². The molecule has 0 aliphatic carbocycles. The number of hydrogen-bond acceptors (Lipinski definition) is 4. The zero-order valence-electron chi connectivity index (χ0n) is 11.9. The lowest BCUT2D eigenvalue weighted by atomic mass is 10.2. The van der Waals surface area contributed by atoms with Gasteiger partial charge in [0.2, 0.25) is 0 Å². The monoisotopic (exact) mass is 300 g/mol. The van der Waals surface area contributed by atoms with Gasteiger partial charge in [-0.05, 0) is 24.1 Å². The number of rotatable bonds is 8. The van der Waals surface area contributed by atoms with Crippen LogP contribution in [0.25, 0.3) is 0 Å². The summed E-state index contributed by atoms with van der Waals surface area (Å²) in [5.74, 6) is -3.00. The van der Waals surface area contributed by atoms with E-state index < -0.39 is 23.6 Å². The minimum atomic E-state index is -0.997. The number of ether oxygens (including phenoxy) is 2. The number of esters is 2. The third-order valence-electron chi connectivity index (χ3n) is 2.68. The van der Waals surface area contributed by atoms with Crippen molar-refractivity contribution < 1.29 is 27.8 Å². The first-order valence-corrected chi connectivity index (χ1v) is 6.78. The maximum absolute atomic E-state index is 12.9. The van der Waals surface area contributed by atoms with E-state index in [0.717, 1.165) is 25.0 Å². The minimum Gasteiger partial charge on any atom is -0.466 e. The van der Waals surface area contributed by atoms with Crippen LogP contribution in [0.15, 0.2) is 18.2 Å². The lowest BCUT2D eigenvalue weighted by Gasteiger charge is -2.06. The number of unbranched alkanes of at least 4 members (excludes halogenated alkanes) is 1. The molecule has 116 valence electrons. The molecule has 0 spiro atoms. The molecule has 6 heteroatoms. The van der Waals surface area contributed by atoms with E-state index in [2.05, 4.69) is 0 Å². The maximum atomic E-state index is 12.9. The first kappa shape index (κ1) is 17.1. The molecular weight excluding hydrogens is 282 g/mol. The second-order valence-electron chi connectivity index (χ2n) is 4.48. The smallest absolute Gasteiger partial charge is 0.306 e. The average molecular weight is 300 g/mol. The lowest BCUT2D eigenvalue weighted by molar-refractivity contribution is -0.151. The number of halogens is 2. The second kappa shape index (κ2) is 9.05. The fraction of sp³-hybridized carbons (Fsp3) is 0.467. The molecule has 4 nitrogen and oxygen atoms in total.